The van der Waals surface area contributed by atoms with Crippen LogP contribution in [0.5, 0.6) is 0 Å². The topological polar surface area (TPSA) is 28.7 Å². The van der Waals surface area contributed by atoms with E-state index in [4.69, 9.17) is 11.6 Å². The molecule has 122 valence electrons. The van der Waals surface area contributed by atoms with Crippen LogP contribution in [0.4, 0.5) is 0 Å². The highest BCUT2D eigenvalue weighted by Gasteiger charge is 2.16. The normalized spacial score (nSPS) is 12.3. The second-order valence-corrected chi connectivity index (χ2v) is 6.93. The van der Waals surface area contributed by atoms with Gasteiger partial charge in [0.2, 0.25) is 7.28 Å². The van der Waals surface area contributed by atoms with Crippen molar-refractivity contribution in [2.75, 3.05) is 0 Å². The van der Waals surface area contributed by atoms with Gasteiger partial charge in [-0.2, -0.15) is 0 Å². The average molecular weight is 337 g/mol. The van der Waals surface area contributed by atoms with Crippen molar-refractivity contribution < 1.29 is 0 Å². The van der Waals surface area contributed by atoms with Crippen molar-refractivity contribution in [2.24, 2.45) is 0 Å². The molecular weight excluding hydrogens is 314 g/mol. The van der Waals surface area contributed by atoms with Gasteiger partial charge in [-0.05, 0) is 29.2 Å². The summed E-state index contributed by atoms with van der Waals surface area (Å²) in [6.45, 7) is 4.35. The second kappa shape index (κ2) is 7.72. The van der Waals surface area contributed by atoms with Crippen molar-refractivity contribution in [3.8, 4) is 0 Å². The van der Waals surface area contributed by atoms with Crippen molar-refractivity contribution in [2.45, 2.75) is 32.0 Å². The molecule has 0 aliphatic rings. The molecule has 0 fully saturated rings. The summed E-state index contributed by atoms with van der Waals surface area (Å²) >= 11 is 6.21. The van der Waals surface area contributed by atoms with E-state index < -0.39 is 0 Å². The van der Waals surface area contributed by atoms with Gasteiger partial charge in [0, 0.05) is 22.8 Å². The monoisotopic (exact) mass is 336 g/mol. The number of imidazole rings is 1. The fourth-order valence-corrected chi connectivity index (χ4v) is 3.21. The molecule has 1 N–H and O–H groups in total. The number of nitrogens with zero attached hydrogens (tertiary/aromatic N) is 1. The SMILES string of the molecule is CC(C)c1cnc(BCC(c2ccccc2)c2cccc(Cl)c2)[nH]1. The quantitative estimate of drug-likeness (QED) is 0.660. The van der Waals surface area contributed by atoms with Gasteiger partial charge in [0.1, 0.15) is 0 Å². The van der Waals surface area contributed by atoms with E-state index >= 15 is 0 Å². The Kier molecular flexibility index (Phi) is 5.42. The lowest BCUT2D eigenvalue weighted by atomic mass is 9.66. The highest BCUT2D eigenvalue weighted by Crippen LogP contribution is 2.29. The van der Waals surface area contributed by atoms with Crippen LogP contribution in [0.1, 0.15) is 42.5 Å². The van der Waals surface area contributed by atoms with Crippen LogP contribution in [0.25, 0.3) is 0 Å². The molecule has 0 spiro atoms. The molecule has 3 aromatic rings. The lowest BCUT2D eigenvalue weighted by Crippen LogP contribution is -2.21. The lowest BCUT2D eigenvalue weighted by molar-refractivity contribution is 0.834. The smallest absolute Gasteiger partial charge is 0.205 e. The van der Waals surface area contributed by atoms with Crippen LogP contribution < -0.4 is 5.72 Å². The predicted molar refractivity (Wildman–Crippen MR) is 104 cm³/mol. The number of H-pyrrole nitrogens is 1. The standard InChI is InChI=1S/C20H22BClN2/c1-14(2)19-13-23-20(24-19)21-12-18(15-7-4-3-5-8-15)16-9-6-10-17(22)11-16/h3-11,13-14,18,21H,12H2,1-2H3,(H,23,24). The van der Waals surface area contributed by atoms with Gasteiger partial charge in [-0.15, -0.1) is 0 Å². The predicted octanol–water partition coefficient (Wildman–Crippen LogP) is 4.50. The Morgan fingerprint density at radius 3 is 2.46 bits per heavy atom. The van der Waals surface area contributed by atoms with Gasteiger partial charge >= 0.3 is 0 Å². The molecule has 0 amide bonds. The first-order chi connectivity index (χ1) is 11.6. The number of aromatic nitrogens is 2. The molecule has 1 aromatic heterocycles. The van der Waals surface area contributed by atoms with Gasteiger partial charge in [0.05, 0.1) is 5.72 Å². The largest absolute Gasteiger partial charge is 0.354 e. The van der Waals surface area contributed by atoms with E-state index in [1.807, 2.05) is 18.3 Å². The highest BCUT2D eigenvalue weighted by atomic mass is 35.5. The summed E-state index contributed by atoms with van der Waals surface area (Å²) < 4.78 is 0. The third-order valence-corrected chi connectivity index (χ3v) is 4.63. The van der Waals surface area contributed by atoms with Crippen molar-refractivity contribution in [3.63, 3.8) is 0 Å². The Morgan fingerprint density at radius 2 is 1.79 bits per heavy atom. The summed E-state index contributed by atoms with van der Waals surface area (Å²) in [5, 5.41) is 0.786. The van der Waals surface area contributed by atoms with E-state index in [2.05, 4.69) is 66.3 Å². The fourth-order valence-electron chi connectivity index (χ4n) is 3.01. The molecule has 24 heavy (non-hydrogen) atoms. The maximum Gasteiger partial charge on any atom is 0.205 e. The molecule has 3 rings (SSSR count). The number of aromatic amines is 1. The summed E-state index contributed by atoms with van der Waals surface area (Å²) in [5.74, 6) is 0.793. The van der Waals surface area contributed by atoms with Crippen LogP contribution in [-0.4, -0.2) is 17.2 Å². The summed E-state index contributed by atoms with van der Waals surface area (Å²) in [6, 6.07) is 18.8. The first kappa shape index (κ1) is 16.8. The molecule has 0 aliphatic carbocycles. The number of halogens is 1. The maximum absolute atomic E-state index is 6.21. The minimum absolute atomic E-state index is 0.317. The zero-order valence-corrected chi connectivity index (χ0v) is 14.9. The molecular formula is C20H22BClN2. The third-order valence-electron chi connectivity index (χ3n) is 4.39. The van der Waals surface area contributed by atoms with Crippen molar-refractivity contribution >= 4 is 24.6 Å². The van der Waals surface area contributed by atoms with Gasteiger partial charge in [-0.3, -0.25) is 4.98 Å². The van der Waals surface area contributed by atoms with Crippen molar-refractivity contribution in [1.29, 1.82) is 0 Å². The number of hydrogen-bond acceptors (Lipinski definition) is 1. The van der Waals surface area contributed by atoms with Crippen LogP contribution in [-0.2, 0) is 0 Å². The zero-order chi connectivity index (χ0) is 16.9. The molecule has 0 radical (unpaired) electrons. The van der Waals surface area contributed by atoms with Crippen LogP contribution >= 0.6 is 11.6 Å². The van der Waals surface area contributed by atoms with Crippen LogP contribution in [0.2, 0.25) is 11.3 Å². The molecule has 0 bridgehead atoms. The van der Waals surface area contributed by atoms with Crippen molar-refractivity contribution in [1.82, 2.24) is 9.97 Å². The van der Waals surface area contributed by atoms with E-state index in [-0.39, 0.29) is 0 Å². The first-order valence-corrected chi connectivity index (χ1v) is 8.85. The molecule has 2 nitrogen and oxygen atoms in total. The molecule has 1 heterocycles. The lowest BCUT2D eigenvalue weighted by Gasteiger charge is -2.17. The van der Waals surface area contributed by atoms with Crippen LogP contribution in [0.15, 0.2) is 60.8 Å². The number of hydrogen-bond donors (Lipinski definition) is 1. The first-order valence-electron chi connectivity index (χ1n) is 8.47. The van der Waals surface area contributed by atoms with E-state index in [0.717, 1.165) is 24.3 Å². The van der Waals surface area contributed by atoms with Gasteiger partial charge < -0.3 is 4.98 Å². The Morgan fingerprint density at radius 1 is 1.04 bits per heavy atom. The summed E-state index contributed by atoms with van der Waals surface area (Å²) in [6.07, 6.45) is 2.95. The molecule has 1 unspecified atom stereocenters. The van der Waals surface area contributed by atoms with Crippen molar-refractivity contribution in [3.05, 3.63) is 82.6 Å². The van der Waals surface area contributed by atoms with E-state index in [1.165, 1.54) is 16.8 Å². The Bertz CT molecular complexity index is 783. The van der Waals surface area contributed by atoms with Gasteiger partial charge in [-0.1, -0.05) is 74.2 Å². The molecule has 0 saturated carbocycles. The van der Waals surface area contributed by atoms with E-state index in [0.29, 0.717) is 11.8 Å². The third kappa shape index (κ3) is 4.10. The van der Waals surface area contributed by atoms with Crippen LogP contribution in [0.3, 0.4) is 0 Å². The summed E-state index contributed by atoms with van der Waals surface area (Å²) in [4.78, 5) is 7.98. The Balaban J connectivity index is 1.82. The minimum Gasteiger partial charge on any atom is -0.354 e. The molecule has 1 atom stereocenters. The van der Waals surface area contributed by atoms with Gasteiger partial charge in [0.25, 0.3) is 0 Å². The molecule has 0 aliphatic heterocycles. The molecule has 0 saturated heterocycles. The highest BCUT2D eigenvalue weighted by molar-refractivity contribution is 6.51. The Hall–Kier alpha value is -2.00. The minimum atomic E-state index is 0.317. The fraction of sp³-hybridized carbons (Fsp3) is 0.250. The van der Waals surface area contributed by atoms with Gasteiger partial charge in [0.15, 0.2) is 0 Å². The van der Waals surface area contributed by atoms with Crippen LogP contribution in [0, 0.1) is 0 Å². The Labute approximate surface area is 149 Å². The van der Waals surface area contributed by atoms with Gasteiger partial charge in [-0.25, -0.2) is 0 Å². The van der Waals surface area contributed by atoms with E-state index in [1.54, 1.807) is 0 Å². The maximum atomic E-state index is 6.21. The summed E-state index contributed by atoms with van der Waals surface area (Å²) in [5.41, 5.74) is 4.82. The number of nitrogens with one attached hydrogen (secondary N) is 1. The molecule has 4 heteroatoms. The zero-order valence-electron chi connectivity index (χ0n) is 14.2. The molecule has 2 aromatic carbocycles. The number of rotatable bonds is 6. The summed E-state index contributed by atoms with van der Waals surface area (Å²) in [7, 11) is 0.915. The van der Waals surface area contributed by atoms with E-state index in [9.17, 15) is 0 Å². The number of benzene rings is 2. The average Bonchev–Trinajstić information content (AvgIpc) is 3.05. The second-order valence-electron chi connectivity index (χ2n) is 6.50.